The molecule has 0 fully saturated rings. The van der Waals surface area contributed by atoms with Gasteiger partial charge in [-0.15, -0.1) is 0 Å². The molecule has 0 amide bonds. The predicted molar refractivity (Wildman–Crippen MR) is 82.6 cm³/mol. The normalized spacial score (nSPS) is 13.0. The number of halogens is 1. The molecule has 0 aliphatic carbocycles. The lowest BCUT2D eigenvalue weighted by atomic mass is 10.2. The fraction of sp³-hybridized carbons (Fsp3) is 0.667. The van der Waals surface area contributed by atoms with Crippen molar-refractivity contribution in [1.29, 1.82) is 0 Å². The van der Waals surface area contributed by atoms with Crippen molar-refractivity contribution in [3.63, 3.8) is 0 Å². The summed E-state index contributed by atoms with van der Waals surface area (Å²) in [5, 5.41) is 4.49. The van der Waals surface area contributed by atoms with Gasteiger partial charge in [0, 0.05) is 26.1 Å². The molecule has 0 bridgehead atoms. The summed E-state index contributed by atoms with van der Waals surface area (Å²) in [6.45, 7) is 5.06. The van der Waals surface area contributed by atoms with Gasteiger partial charge in [-0.2, -0.15) is 5.10 Å². The molecule has 0 aliphatic heterocycles. The molecule has 1 aromatic rings. The van der Waals surface area contributed by atoms with Gasteiger partial charge in [0.25, 0.3) is 0 Å². The first-order chi connectivity index (χ1) is 8.36. The van der Waals surface area contributed by atoms with Gasteiger partial charge in [-0.1, -0.05) is 19.1 Å². The van der Waals surface area contributed by atoms with Crippen molar-refractivity contribution in [2.24, 2.45) is 12.8 Å². The minimum Gasteiger partial charge on any atom is -0.393 e. The van der Waals surface area contributed by atoms with Crippen LogP contribution in [0.1, 0.15) is 31.7 Å². The number of nitrogens with zero attached hydrogens (tertiary/aromatic N) is 3. The maximum atomic E-state index is 5.59. The Balaban J connectivity index is 2.78. The number of rotatable bonds is 6. The van der Waals surface area contributed by atoms with Crippen LogP contribution in [0.25, 0.3) is 0 Å². The van der Waals surface area contributed by atoms with Crippen molar-refractivity contribution >= 4 is 33.1 Å². The molecule has 0 saturated heterocycles. The summed E-state index contributed by atoms with van der Waals surface area (Å²) in [6, 6.07) is 0.328. The zero-order chi connectivity index (χ0) is 13.9. The highest BCUT2D eigenvalue weighted by molar-refractivity contribution is 9.10. The van der Waals surface area contributed by atoms with E-state index in [1.54, 1.807) is 0 Å². The first-order valence-corrected chi connectivity index (χ1v) is 7.25. The highest BCUT2D eigenvalue weighted by Gasteiger charge is 2.17. The summed E-state index contributed by atoms with van der Waals surface area (Å²) in [6.07, 6.45) is 1.67. The number of thiocarbonyl (C=S) groups is 1. The lowest BCUT2D eigenvalue weighted by Gasteiger charge is -2.24. The topological polar surface area (TPSA) is 47.1 Å². The second-order valence-electron chi connectivity index (χ2n) is 4.62. The number of aromatic nitrogens is 2. The Kier molecular flexibility index (Phi) is 5.75. The molecule has 0 spiro atoms. The highest BCUT2D eigenvalue weighted by atomic mass is 79.9. The highest BCUT2D eigenvalue weighted by Crippen LogP contribution is 2.23. The van der Waals surface area contributed by atoms with E-state index in [1.165, 1.54) is 5.69 Å². The fourth-order valence-electron chi connectivity index (χ4n) is 1.83. The summed E-state index contributed by atoms with van der Waals surface area (Å²) < 4.78 is 3.05. The van der Waals surface area contributed by atoms with Crippen LogP contribution in [-0.4, -0.2) is 32.8 Å². The first-order valence-electron chi connectivity index (χ1n) is 6.05. The average Bonchev–Trinajstić information content (AvgIpc) is 2.55. The Morgan fingerprint density at radius 2 is 2.22 bits per heavy atom. The van der Waals surface area contributed by atoms with E-state index in [-0.39, 0.29) is 0 Å². The number of nitrogens with two attached hydrogens (primary N) is 1. The minimum atomic E-state index is 0.328. The summed E-state index contributed by atoms with van der Waals surface area (Å²) in [4.78, 5) is 2.80. The molecule has 18 heavy (non-hydrogen) atoms. The Hall–Kier alpha value is -0.460. The Bertz CT molecular complexity index is 430. The van der Waals surface area contributed by atoms with E-state index in [9.17, 15) is 0 Å². The van der Waals surface area contributed by atoms with Gasteiger partial charge in [0.1, 0.15) is 0 Å². The van der Waals surface area contributed by atoms with E-state index in [1.807, 2.05) is 11.7 Å². The van der Waals surface area contributed by atoms with Gasteiger partial charge in [-0.3, -0.25) is 9.58 Å². The van der Waals surface area contributed by atoms with Gasteiger partial charge in [0.15, 0.2) is 0 Å². The molecule has 1 rings (SSSR count). The summed E-state index contributed by atoms with van der Waals surface area (Å²) in [7, 11) is 4.05. The van der Waals surface area contributed by atoms with Crippen molar-refractivity contribution in [1.82, 2.24) is 14.7 Å². The second-order valence-corrected chi connectivity index (χ2v) is 5.94. The second kappa shape index (κ2) is 6.63. The molecule has 4 nitrogen and oxygen atoms in total. The monoisotopic (exact) mass is 332 g/mol. The minimum absolute atomic E-state index is 0.328. The Labute approximate surface area is 123 Å². The van der Waals surface area contributed by atoms with Crippen LogP contribution in [0, 0.1) is 0 Å². The molecule has 0 aromatic carbocycles. The SMILES string of the molecule is CCc1nn(C)c(CN(C)C(C)CC(N)=S)c1Br. The molecule has 0 aliphatic rings. The zero-order valence-electron chi connectivity index (χ0n) is 11.4. The van der Waals surface area contributed by atoms with Gasteiger partial charge in [0.05, 0.1) is 20.8 Å². The fourth-order valence-corrected chi connectivity index (χ4v) is 2.81. The molecule has 1 atom stereocenters. The van der Waals surface area contributed by atoms with Gasteiger partial charge in [0.2, 0.25) is 0 Å². The van der Waals surface area contributed by atoms with Crippen LogP contribution in [-0.2, 0) is 20.0 Å². The van der Waals surface area contributed by atoms with Crippen molar-refractivity contribution < 1.29 is 0 Å². The standard InChI is InChI=1S/C12H21BrN4S/c1-5-9-12(13)10(17(4)15-9)7-16(3)8(2)6-11(14)18/h8H,5-7H2,1-4H3,(H2,14,18). The summed E-state index contributed by atoms with van der Waals surface area (Å²) in [5.74, 6) is 0. The van der Waals surface area contributed by atoms with E-state index >= 15 is 0 Å². The Morgan fingerprint density at radius 1 is 1.61 bits per heavy atom. The van der Waals surface area contributed by atoms with E-state index in [2.05, 4.69) is 46.8 Å². The van der Waals surface area contributed by atoms with Crippen LogP contribution in [0.3, 0.4) is 0 Å². The predicted octanol–water partition coefficient (Wildman–Crippen LogP) is 2.24. The molecule has 6 heteroatoms. The molecular formula is C12H21BrN4S. The largest absolute Gasteiger partial charge is 0.393 e. The molecule has 2 N–H and O–H groups in total. The van der Waals surface area contributed by atoms with E-state index in [4.69, 9.17) is 18.0 Å². The van der Waals surface area contributed by atoms with Gasteiger partial charge >= 0.3 is 0 Å². The van der Waals surface area contributed by atoms with E-state index < -0.39 is 0 Å². The molecule has 0 saturated carbocycles. The van der Waals surface area contributed by atoms with Crippen LogP contribution >= 0.6 is 28.1 Å². The third kappa shape index (κ3) is 3.76. The zero-order valence-corrected chi connectivity index (χ0v) is 13.8. The van der Waals surface area contributed by atoms with Gasteiger partial charge in [-0.25, -0.2) is 0 Å². The molecule has 1 aromatic heterocycles. The van der Waals surface area contributed by atoms with Crippen LogP contribution in [0.2, 0.25) is 0 Å². The first kappa shape index (κ1) is 15.6. The van der Waals surface area contributed by atoms with Crippen LogP contribution in [0.15, 0.2) is 4.47 Å². The maximum absolute atomic E-state index is 5.59. The Morgan fingerprint density at radius 3 is 2.67 bits per heavy atom. The molecule has 102 valence electrons. The van der Waals surface area contributed by atoms with Crippen LogP contribution in [0.4, 0.5) is 0 Å². The summed E-state index contributed by atoms with van der Waals surface area (Å²) in [5.41, 5.74) is 7.87. The lowest BCUT2D eigenvalue weighted by Crippen LogP contribution is -2.32. The summed E-state index contributed by atoms with van der Waals surface area (Å²) >= 11 is 8.58. The number of aryl methyl sites for hydroxylation is 2. The van der Waals surface area contributed by atoms with Crippen molar-refractivity contribution in [3.8, 4) is 0 Å². The van der Waals surface area contributed by atoms with Crippen molar-refractivity contribution in [3.05, 3.63) is 15.9 Å². The molecular weight excluding hydrogens is 312 g/mol. The maximum Gasteiger partial charge on any atom is 0.0767 e. The number of hydrogen-bond donors (Lipinski definition) is 1. The van der Waals surface area contributed by atoms with Crippen molar-refractivity contribution in [2.75, 3.05) is 7.05 Å². The van der Waals surface area contributed by atoms with Crippen LogP contribution < -0.4 is 5.73 Å². The third-order valence-corrected chi connectivity index (χ3v) is 4.23. The smallest absolute Gasteiger partial charge is 0.0767 e. The van der Waals surface area contributed by atoms with Gasteiger partial charge < -0.3 is 5.73 Å². The molecule has 1 heterocycles. The lowest BCUT2D eigenvalue weighted by molar-refractivity contribution is 0.248. The van der Waals surface area contributed by atoms with Gasteiger partial charge in [-0.05, 0) is 36.3 Å². The number of hydrogen-bond acceptors (Lipinski definition) is 3. The van der Waals surface area contributed by atoms with E-state index in [0.717, 1.165) is 29.6 Å². The third-order valence-electron chi connectivity index (χ3n) is 3.15. The van der Waals surface area contributed by atoms with E-state index in [0.29, 0.717) is 11.0 Å². The quantitative estimate of drug-likeness (QED) is 0.811. The molecule has 1 unspecified atom stereocenters. The molecule has 0 radical (unpaired) electrons. The average molecular weight is 333 g/mol. The van der Waals surface area contributed by atoms with Crippen LogP contribution in [0.5, 0.6) is 0 Å². The van der Waals surface area contributed by atoms with Crippen molar-refractivity contribution in [2.45, 2.75) is 39.3 Å².